The van der Waals surface area contributed by atoms with Gasteiger partial charge in [0.15, 0.2) is 0 Å². The Hall–Kier alpha value is -6.56. The van der Waals surface area contributed by atoms with Crippen LogP contribution in [0.15, 0.2) is 5.11 Å². The van der Waals surface area contributed by atoms with E-state index in [1.807, 2.05) is 0 Å². The number of hydrogen-bond acceptors (Lipinski definition) is 13. The first-order valence-electron chi connectivity index (χ1n) is 24.8. The molecule has 2 N–H and O–H groups in total. The molecule has 0 saturated heterocycles. The minimum absolute atomic E-state index is 0.118. The predicted molar refractivity (Wildman–Crippen MR) is 270 cm³/mol. The third kappa shape index (κ3) is 29.5. The lowest BCUT2D eigenvalue weighted by Gasteiger charge is -2.32. The van der Waals surface area contributed by atoms with E-state index in [0.29, 0.717) is 19.4 Å². The predicted octanol–water partition coefficient (Wildman–Crippen LogP) is -0.939. The van der Waals surface area contributed by atoms with Gasteiger partial charge in [-0.15, -0.1) is 0 Å². The molecule has 0 aromatic carbocycles. The fourth-order valence-corrected chi connectivity index (χ4v) is 7.49. The van der Waals surface area contributed by atoms with Crippen LogP contribution in [0.3, 0.4) is 0 Å². The van der Waals surface area contributed by atoms with Gasteiger partial charge < -0.3 is 59.4 Å². The number of nitrogens with one attached hydrogen (secondary N) is 1. The summed E-state index contributed by atoms with van der Waals surface area (Å²) in [6, 6.07) is 0. The fraction of sp³-hybridized carbons (Fsp3) is 0.766. The highest BCUT2D eigenvalue weighted by Gasteiger charge is 2.22. The standard InChI is InChI=1S/C47H84N14O12/c1-37(63)52(16-15-49-47(73)13-11-12-14-50-51-48)17-18-53(38(2)64)19-20-54(39(3)65)21-22-55(40(4)66)23-24-56(41(5)67)25-26-57(42(6)68)27-28-58(43(7)69)29-30-59(44(8)70)31-32-60(45(9)71)33-34-61(35-36-62)46(10)72/h62H,11-36H2,1-10H3,(H,49,73). The maximum absolute atomic E-state index is 12.8. The summed E-state index contributed by atoms with van der Waals surface area (Å²) in [5, 5.41) is 15.5. The summed E-state index contributed by atoms with van der Waals surface area (Å²) in [5.41, 5.74) is 8.36. The van der Waals surface area contributed by atoms with Gasteiger partial charge in [-0.25, -0.2) is 0 Å². The minimum Gasteiger partial charge on any atom is -0.395 e. The van der Waals surface area contributed by atoms with Crippen molar-refractivity contribution in [3.63, 3.8) is 0 Å². The van der Waals surface area contributed by atoms with E-state index < -0.39 is 0 Å². The monoisotopic (exact) mass is 1040 g/mol. The first kappa shape index (κ1) is 66.4. The Labute approximate surface area is 430 Å². The lowest BCUT2D eigenvalue weighted by atomic mass is 10.2. The summed E-state index contributed by atoms with van der Waals surface area (Å²) in [6.45, 7) is 17.1. The Bertz CT molecular complexity index is 1880. The van der Waals surface area contributed by atoms with Gasteiger partial charge in [-0.05, 0) is 18.4 Å². The molecule has 0 aromatic rings. The normalized spacial score (nSPS) is 10.5. The maximum atomic E-state index is 12.8. The zero-order valence-corrected chi connectivity index (χ0v) is 45.1. The van der Waals surface area contributed by atoms with Crippen LogP contribution >= 0.6 is 0 Å². The van der Waals surface area contributed by atoms with Crippen LogP contribution in [0.5, 0.6) is 0 Å². The van der Waals surface area contributed by atoms with E-state index in [1.165, 1.54) is 118 Å². The number of carbonyl (C=O) groups excluding carboxylic acids is 11. The largest absolute Gasteiger partial charge is 0.395 e. The molecule has 0 heterocycles. The lowest BCUT2D eigenvalue weighted by molar-refractivity contribution is -0.136. The van der Waals surface area contributed by atoms with Gasteiger partial charge in [-0.1, -0.05) is 5.11 Å². The Morgan fingerprint density at radius 2 is 0.562 bits per heavy atom. The van der Waals surface area contributed by atoms with Gasteiger partial charge in [0.25, 0.3) is 0 Å². The number of amides is 11. The molecule has 0 aliphatic carbocycles. The second kappa shape index (κ2) is 37.2. The average molecular weight is 1040 g/mol. The van der Waals surface area contributed by atoms with Gasteiger partial charge in [0.2, 0.25) is 65.0 Å². The summed E-state index contributed by atoms with van der Waals surface area (Å²) in [7, 11) is 0. The van der Waals surface area contributed by atoms with Gasteiger partial charge >= 0.3 is 0 Å². The van der Waals surface area contributed by atoms with E-state index >= 15 is 0 Å². The molecule has 0 rings (SSSR count). The van der Waals surface area contributed by atoms with Crippen molar-refractivity contribution < 1.29 is 57.8 Å². The van der Waals surface area contributed by atoms with Gasteiger partial charge in [-0.2, -0.15) is 0 Å². The third-order valence-electron chi connectivity index (χ3n) is 12.3. The fourth-order valence-electron chi connectivity index (χ4n) is 7.49. The first-order valence-corrected chi connectivity index (χ1v) is 24.8. The van der Waals surface area contributed by atoms with Crippen LogP contribution in [0, 0.1) is 0 Å². The van der Waals surface area contributed by atoms with Gasteiger partial charge in [-0.3, -0.25) is 52.7 Å². The van der Waals surface area contributed by atoms with Crippen molar-refractivity contribution in [2.24, 2.45) is 5.11 Å². The topological polar surface area (TPSA) is 301 Å². The van der Waals surface area contributed by atoms with Crippen molar-refractivity contribution >= 4 is 65.0 Å². The number of unbranched alkanes of at least 4 members (excludes halogenated alkanes) is 1. The first-order chi connectivity index (χ1) is 34.4. The smallest absolute Gasteiger partial charge is 0.220 e. The van der Waals surface area contributed by atoms with E-state index in [2.05, 4.69) is 15.3 Å². The molecular formula is C47H84N14O12. The summed E-state index contributed by atoms with van der Waals surface area (Å²) < 4.78 is 0. The molecular weight excluding hydrogens is 953 g/mol. The van der Waals surface area contributed by atoms with E-state index in [9.17, 15) is 57.8 Å². The third-order valence-corrected chi connectivity index (χ3v) is 12.3. The van der Waals surface area contributed by atoms with Crippen LogP contribution in [-0.2, 0) is 52.7 Å². The molecule has 0 radical (unpaired) electrons. The zero-order valence-electron chi connectivity index (χ0n) is 45.1. The summed E-state index contributed by atoms with van der Waals surface area (Å²) in [6.07, 6.45) is 1.38. The number of aliphatic hydroxyl groups is 1. The molecule has 0 unspecified atom stereocenters. The summed E-state index contributed by atoms with van der Waals surface area (Å²) in [4.78, 5) is 156. The number of nitrogens with zero attached hydrogens (tertiary/aromatic N) is 13. The highest BCUT2D eigenvalue weighted by molar-refractivity contribution is 5.78. The molecule has 26 nitrogen and oxygen atoms in total. The highest BCUT2D eigenvalue weighted by Crippen LogP contribution is 2.05. The van der Waals surface area contributed by atoms with Crippen LogP contribution in [0.4, 0.5) is 0 Å². The van der Waals surface area contributed by atoms with Gasteiger partial charge in [0.05, 0.1) is 6.61 Å². The maximum Gasteiger partial charge on any atom is 0.220 e. The number of carbonyl (C=O) groups is 11. The summed E-state index contributed by atoms with van der Waals surface area (Å²) >= 11 is 0. The van der Waals surface area contributed by atoms with Crippen LogP contribution < -0.4 is 5.32 Å². The molecule has 0 bridgehead atoms. The molecule has 0 fully saturated rings. The molecule has 0 saturated carbocycles. The number of aliphatic hydroxyl groups excluding tert-OH is 1. The second-order valence-corrected chi connectivity index (χ2v) is 17.5. The molecule has 414 valence electrons. The Morgan fingerprint density at radius 1 is 0.356 bits per heavy atom. The quantitative estimate of drug-likeness (QED) is 0.0330. The van der Waals surface area contributed by atoms with Gasteiger partial charge in [0, 0.05) is 225 Å². The van der Waals surface area contributed by atoms with Crippen molar-refractivity contribution in [1.29, 1.82) is 0 Å². The van der Waals surface area contributed by atoms with Crippen LogP contribution in [0.1, 0.15) is 88.5 Å². The van der Waals surface area contributed by atoms with Gasteiger partial charge in [0.1, 0.15) is 0 Å². The lowest BCUT2D eigenvalue weighted by Crippen LogP contribution is -2.48. The SMILES string of the molecule is CC(=O)N(CCO)CCN(CCN(CCN(CCN(CCN(CCN(CCN(CCN(CCN(CCNC(=O)CCCCN=[N+]=[N-])C(C)=O)C(C)=O)C(C)=O)C(C)=O)C(C)=O)C(C)=O)C(C)=O)C(C)=O)C(C)=O. The van der Waals surface area contributed by atoms with Crippen LogP contribution in [0.2, 0.25) is 0 Å². The molecule has 73 heavy (non-hydrogen) atoms. The van der Waals surface area contributed by atoms with Crippen molar-refractivity contribution in [3.8, 4) is 0 Å². The second-order valence-electron chi connectivity index (χ2n) is 17.5. The summed E-state index contributed by atoms with van der Waals surface area (Å²) in [5.74, 6) is -2.97. The molecule has 0 atom stereocenters. The van der Waals surface area contributed by atoms with Crippen molar-refractivity contribution in [2.45, 2.75) is 88.5 Å². The molecule has 11 amide bonds. The Kier molecular flexibility index (Phi) is 33.9. The van der Waals surface area contributed by atoms with E-state index in [4.69, 9.17) is 5.53 Å². The molecule has 26 heteroatoms. The number of rotatable bonds is 37. The number of hydrogen-bond donors (Lipinski definition) is 2. The van der Waals surface area contributed by atoms with Crippen molar-refractivity contribution in [2.75, 3.05) is 151 Å². The van der Waals surface area contributed by atoms with Crippen molar-refractivity contribution in [3.05, 3.63) is 10.4 Å². The highest BCUT2D eigenvalue weighted by atomic mass is 16.3. The zero-order chi connectivity index (χ0) is 55.6. The molecule has 0 aromatic heterocycles. The Morgan fingerprint density at radius 3 is 0.753 bits per heavy atom. The van der Waals surface area contributed by atoms with Crippen LogP contribution in [-0.4, -0.2) is 270 Å². The van der Waals surface area contributed by atoms with E-state index in [-0.39, 0.29) is 215 Å². The molecule has 0 aliphatic heterocycles. The molecule has 0 spiro atoms. The number of azide groups is 1. The van der Waals surface area contributed by atoms with Crippen molar-refractivity contribution in [1.82, 2.24) is 54.3 Å². The van der Waals surface area contributed by atoms with Crippen LogP contribution in [0.25, 0.3) is 10.4 Å². The Balaban J connectivity index is 5.44. The molecule has 0 aliphatic rings. The minimum atomic E-state index is -0.301. The average Bonchev–Trinajstić information content (AvgIpc) is 3.29. The van der Waals surface area contributed by atoms with E-state index in [0.717, 1.165) is 0 Å². The van der Waals surface area contributed by atoms with E-state index in [1.54, 1.807) is 0 Å².